The highest BCUT2D eigenvalue weighted by Crippen LogP contribution is 2.17. The number of nitrogens with zero attached hydrogens (tertiary/aromatic N) is 1. The van der Waals surface area contributed by atoms with Gasteiger partial charge in [-0.1, -0.05) is 6.07 Å². The Labute approximate surface area is 106 Å². The second kappa shape index (κ2) is 4.46. The number of H-pyrrole nitrogens is 1. The molecule has 1 atom stereocenters. The minimum atomic E-state index is 0.125. The molecular formula is C14H17N3O. The van der Waals surface area contributed by atoms with Crippen LogP contribution in [0.1, 0.15) is 17.3 Å². The van der Waals surface area contributed by atoms with Gasteiger partial charge in [0.1, 0.15) is 0 Å². The van der Waals surface area contributed by atoms with Crippen molar-refractivity contribution in [2.75, 3.05) is 19.6 Å². The standard InChI is InChI=1S/C14H17N3O/c1-10-9-15-6-7-17(10)14(18)12-3-2-11-4-5-16-13(11)8-12/h2-5,8,10,15-16H,6-7,9H2,1H3/t10-/m1/s1. The smallest absolute Gasteiger partial charge is 0.254 e. The number of carbonyl (C=O) groups excluding carboxylic acids is 1. The Kier molecular flexibility index (Phi) is 2.80. The number of aromatic nitrogens is 1. The molecular weight excluding hydrogens is 226 g/mol. The summed E-state index contributed by atoms with van der Waals surface area (Å²) in [6.07, 6.45) is 1.90. The van der Waals surface area contributed by atoms with Crippen molar-refractivity contribution in [1.82, 2.24) is 15.2 Å². The number of benzene rings is 1. The van der Waals surface area contributed by atoms with E-state index in [-0.39, 0.29) is 11.9 Å². The van der Waals surface area contributed by atoms with Gasteiger partial charge < -0.3 is 15.2 Å². The van der Waals surface area contributed by atoms with Crippen molar-refractivity contribution in [2.24, 2.45) is 0 Å². The van der Waals surface area contributed by atoms with Crippen molar-refractivity contribution in [3.05, 3.63) is 36.0 Å². The zero-order valence-electron chi connectivity index (χ0n) is 10.4. The van der Waals surface area contributed by atoms with E-state index in [0.717, 1.165) is 36.1 Å². The van der Waals surface area contributed by atoms with Gasteiger partial charge in [-0.05, 0) is 30.5 Å². The molecule has 0 saturated carbocycles. The van der Waals surface area contributed by atoms with Crippen LogP contribution in [0.5, 0.6) is 0 Å². The van der Waals surface area contributed by atoms with Crippen molar-refractivity contribution >= 4 is 16.8 Å². The average molecular weight is 243 g/mol. The molecule has 1 aliphatic heterocycles. The maximum absolute atomic E-state index is 12.5. The van der Waals surface area contributed by atoms with Gasteiger partial charge >= 0.3 is 0 Å². The van der Waals surface area contributed by atoms with Gasteiger partial charge in [0.05, 0.1) is 0 Å². The van der Waals surface area contributed by atoms with Crippen LogP contribution >= 0.6 is 0 Å². The third-order valence-corrected chi connectivity index (χ3v) is 3.56. The van der Waals surface area contributed by atoms with Crippen LogP contribution in [-0.2, 0) is 0 Å². The quantitative estimate of drug-likeness (QED) is 0.799. The first kappa shape index (κ1) is 11.3. The van der Waals surface area contributed by atoms with Crippen LogP contribution in [0.3, 0.4) is 0 Å². The third-order valence-electron chi connectivity index (χ3n) is 3.56. The summed E-state index contributed by atoms with van der Waals surface area (Å²) in [4.78, 5) is 17.6. The Hall–Kier alpha value is -1.81. The van der Waals surface area contributed by atoms with Gasteiger partial charge in [-0.2, -0.15) is 0 Å². The van der Waals surface area contributed by atoms with Crippen molar-refractivity contribution in [1.29, 1.82) is 0 Å². The van der Waals surface area contributed by atoms with Crippen LogP contribution in [0.4, 0.5) is 0 Å². The predicted molar refractivity (Wildman–Crippen MR) is 71.7 cm³/mol. The largest absolute Gasteiger partial charge is 0.361 e. The minimum absolute atomic E-state index is 0.125. The first-order valence-corrected chi connectivity index (χ1v) is 6.34. The number of hydrogen-bond acceptors (Lipinski definition) is 2. The molecule has 1 fully saturated rings. The molecule has 0 spiro atoms. The molecule has 3 rings (SSSR count). The molecule has 0 unspecified atom stereocenters. The monoisotopic (exact) mass is 243 g/mol. The number of fused-ring (bicyclic) bond motifs is 1. The average Bonchev–Trinajstić information content (AvgIpc) is 2.85. The summed E-state index contributed by atoms with van der Waals surface area (Å²) < 4.78 is 0. The summed E-state index contributed by atoms with van der Waals surface area (Å²) in [5, 5.41) is 4.44. The van der Waals surface area contributed by atoms with E-state index in [0.29, 0.717) is 0 Å². The third kappa shape index (κ3) is 1.88. The van der Waals surface area contributed by atoms with E-state index in [9.17, 15) is 4.79 Å². The van der Waals surface area contributed by atoms with E-state index in [1.165, 1.54) is 0 Å². The highest BCUT2D eigenvalue weighted by molar-refractivity contribution is 5.98. The number of carbonyl (C=O) groups is 1. The summed E-state index contributed by atoms with van der Waals surface area (Å²) in [6, 6.07) is 8.11. The number of nitrogens with one attached hydrogen (secondary N) is 2. The Balaban J connectivity index is 1.90. The van der Waals surface area contributed by atoms with Crippen molar-refractivity contribution in [3.8, 4) is 0 Å². The van der Waals surface area contributed by atoms with Gasteiger partial charge in [-0.3, -0.25) is 4.79 Å². The topological polar surface area (TPSA) is 48.1 Å². The van der Waals surface area contributed by atoms with Crippen LogP contribution < -0.4 is 5.32 Å². The van der Waals surface area contributed by atoms with E-state index in [1.54, 1.807) is 0 Å². The van der Waals surface area contributed by atoms with Crippen LogP contribution in [0, 0.1) is 0 Å². The van der Waals surface area contributed by atoms with Gasteiger partial charge in [-0.15, -0.1) is 0 Å². The lowest BCUT2D eigenvalue weighted by Gasteiger charge is -2.34. The van der Waals surface area contributed by atoms with Crippen molar-refractivity contribution in [3.63, 3.8) is 0 Å². The van der Waals surface area contributed by atoms with Crippen molar-refractivity contribution in [2.45, 2.75) is 13.0 Å². The molecule has 1 aromatic heterocycles. The molecule has 0 radical (unpaired) electrons. The van der Waals surface area contributed by atoms with Crippen molar-refractivity contribution < 1.29 is 4.79 Å². The number of hydrogen-bond donors (Lipinski definition) is 2. The van der Waals surface area contributed by atoms with Crippen LogP contribution in [0.15, 0.2) is 30.5 Å². The summed E-state index contributed by atoms with van der Waals surface area (Å²) in [5.41, 5.74) is 1.78. The Bertz CT molecular complexity index is 575. The minimum Gasteiger partial charge on any atom is -0.361 e. The molecule has 1 saturated heterocycles. The lowest BCUT2D eigenvalue weighted by Crippen LogP contribution is -2.52. The zero-order chi connectivity index (χ0) is 12.5. The molecule has 1 amide bonds. The molecule has 2 heterocycles. The Morgan fingerprint density at radius 3 is 3.11 bits per heavy atom. The molecule has 2 aromatic rings. The first-order valence-electron chi connectivity index (χ1n) is 6.34. The van der Waals surface area contributed by atoms with Gasteiger partial charge in [0.2, 0.25) is 0 Å². The summed E-state index contributed by atoms with van der Waals surface area (Å²) in [7, 11) is 0. The summed E-state index contributed by atoms with van der Waals surface area (Å²) >= 11 is 0. The second-order valence-corrected chi connectivity index (χ2v) is 4.83. The lowest BCUT2D eigenvalue weighted by atomic mass is 10.1. The van der Waals surface area contributed by atoms with Gasteiger partial charge in [0.15, 0.2) is 0 Å². The molecule has 2 N–H and O–H groups in total. The number of piperazine rings is 1. The van der Waals surface area contributed by atoms with Crippen LogP contribution in [-0.4, -0.2) is 41.5 Å². The van der Waals surface area contributed by atoms with E-state index in [4.69, 9.17) is 0 Å². The van der Waals surface area contributed by atoms with E-state index >= 15 is 0 Å². The van der Waals surface area contributed by atoms with Crippen LogP contribution in [0.25, 0.3) is 10.9 Å². The molecule has 0 bridgehead atoms. The van der Waals surface area contributed by atoms with E-state index in [2.05, 4.69) is 17.2 Å². The first-order chi connectivity index (χ1) is 8.75. The summed E-state index contributed by atoms with van der Waals surface area (Å²) in [6.45, 7) is 4.61. The maximum atomic E-state index is 12.5. The summed E-state index contributed by atoms with van der Waals surface area (Å²) in [5.74, 6) is 0.125. The Morgan fingerprint density at radius 2 is 2.28 bits per heavy atom. The van der Waals surface area contributed by atoms with E-state index in [1.807, 2.05) is 35.4 Å². The predicted octanol–water partition coefficient (Wildman–Crippen LogP) is 1.60. The fourth-order valence-electron chi connectivity index (χ4n) is 2.49. The molecule has 4 nitrogen and oxygen atoms in total. The fraction of sp³-hybridized carbons (Fsp3) is 0.357. The zero-order valence-corrected chi connectivity index (χ0v) is 10.4. The molecule has 4 heteroatoms. The van der Waals surface area contributed by atoms with Gasteiger partial charge in [0.25, 0.3) is 5.91 Å². The number of amides is 1. The van der Waals surface area contributed by atoms with Crippen LogP contribution in [0.2, 0.25) is 0 Å². The van der Waals surface area contributed by atoms with Gasteiger partial charge in [-0.25, -0.2) is 0 Å². The molecule has 18 heavy (non-hydrogen) atoms. The van der Waals surface area contributed by atoms with E-state index < -0.39 is 0 Å². The molecule has 0 aliphatic carbocycles. The SMILES string of the molecule is C[C@@H]1CNCCN1C(=O)c1ccc2cc[nH]c2c1. The molecule has 1 aromatic carbocycles. The number of rotatable bonds is 1. The maximum Gasteiger partial charge on any atom is 0.254 e. The molecule has 1 aliphatic rings. The highest BCUT2D eigenvalue weighted by Gasteiger charge is 2.23. The molecule has 94 valence electrons. The number of aromatic amines is 1. The highest BCUT2D eigenvalue weighted by atomic mass is 16.2. The lowest BCUT2D eigenvalue weighted by molar-refractivity contribution is 0.0656. The normalized spacial score (nSPS) is 20.3. The van der Waals surface area contributed by atoms with Gasteiger partial charge in [0, 0.05) is 43.0 Å². The second-order valence-electron chi connectivity index (χ2n) is 4.83. The fourth-order valence-corrected chi connectivity index (χ4v) is 2.49. The Morgan fingerprint density at radius 1 is 1.39 bits per heavy atom.